The predicted molar refractivity (Wildman–Crippen MR) is 145 cm³/mol. The quantitative estimate of drug-likeness (QED) is 0.164. The van der Waals surface area contributed by atoms with E-state index in [0.717, 1.165) is 17.1 Å². The molecule has 0 atom stereocenters. The molecule has 0 aliphatic carbocycles. The van der Waals surface area contributed by atoms with Gasteiger partial charge in [0.25, 0.3) is 0 Å². The molecule has 0 fully saturated rings. The van der Waals surface area contributed by atoms with Crippen molar-refractivity contribution in [3.05, 3.63) is 96.5 Å². The van der Waals surface area contributed by atoms with Gasteiger partial charge in [0.15, 0.2) is 5.76 Å². The van der Waals surface area contributed by atoms with Gasteiger partial charge in [0.05, 0.1) is 15.2 Å². The summed E-state index contributed by atoms with van der Waals surface area (Å²) in [5, 5.41) is 14.0. The zero-order valence-corrected chi connectivity index (χ0v) is 23.4. The Labute approximate surface area is 227 Å². The van der Waals surface area contributed by atoms with Crippen LogP contribution in [0.5, 0.6) is 11.5 Å². The number of aromatic nitrogens is 1. The summed E-state index contributed by atoms with van der Waals surface area (Å²) in [7, 11) is 0. The molecule has 1 amide bonds. The topological polar surface area (TPSA) is 89.0 Å². The fraction of sp³-hybridized carbons (Fsp3) is 0.120. The number of nitrogens with zero attached hydrogens (tertiary/aromatic N) is 2. The van der Waals surface area contributed by atoms with Crippen molar-refractivity contribution in [2.24, 2.45) is 5.10 Å². The molecule has 0 unspecified atom stereocenters. The van der Waals surface area contributed by atoms with Crippen molar-refractivity contribution >= 4 is 59.9 Å². The maximum atomic E-state index is 12.4. The van der Waals surface area contributed by atoms with Gasteiger partial charge in [0.1, 0.15) is 23.9 Å². The lowest BCUT2D eigenvalue weighted by atomic mass is 10.2. The zero-order chi connectivity index (χ0) is 25.1. The molecule has 2 aromatic carbocycles. The van der Waals surface area contributed by atoms with Crippen molar-refractivity contribution < 1.29 is 19.1 Å². The first-order valence-electron chi connectivity index (χ1n) is 10.4. The Balaban J connectivity index is 1.34. The predicted octanol–water partition coefficient (Wildman–Crippen LogP) is 7.02. The molecule has 4 rings (SSSR count). The van der Waals surface area contributed by atoms with E-state index in [-0.39, 0.29) is 18.1 Å². The summed E-state index contributed by atoms with van der Waals surface area (Å²) in [4.78, 5) is 12.4. The molecular weight excluding hydrogens is 646 g/mol. The highest BCUT2D eigenvalue weighted by atomic mass is 79.9. The Hall–Kier alpha value is -2.82. The van der Waals surface area contributed by atoms with Crippen LogP contribution >= 0.6 is 47.8 Å². The minimum atomic E-state index is -0.511. The highest BCUT2D eigenvalue weighted by molar-refractivity contribution is 9.11. The fourth-order valence-corrected chi connectivity index (χ4v) is 5.75. The molecule has 0 aliphatic rings. The first-order chi connectivity index (χ1) is 16.7. The van der Waals surface area contributed by atoms with Crippen LogP contribution in [0.4, 0.5) is 0 Å². The van der Waals surface area contributed by atoms with E-state index in [4.69, 9.17) is 9.15 Å². The second-order valence-electron chi connectivity index (χ2n) is 7.62. The maximum absolute atomic E-state index is 12.4. The standard InChI is InChI=1S/C25H20Br3N3O4/c1-14-3-4-15(2)31(14)16-5-7-17(8-6-16)34-13-18-9-10-22(35-18)25(33)30-29-12-19-20(26)11-21(27)24(32)23(19)28/h3-12,32H,13H2,1-2H3,(H,30,33)/b29-12+. The summed E-state index contributed by atoms with van der Waals surface area (Å²) in [6, 6.07) is 16.9. The summed E-state index contributed by atoms with van der Waals surface area (Å²) in [5.74, 6) is 0.816. The average molecular weight is 666 g/mol. The first kappa shape index (κ1) is 25.3. The number of aromatic hydroxyl groups is 1. The van der Waals surface area contributed by atoms with Crippen LogP contribution in [0, 0.1) is 13.8 Å². The number of carbonyl (C=O) groups is 1. The van der Waals surface area contributed by atoms with Crippen LogP contribution in [0.2, 0.25) is 0 Å². The molecule has 0 radical (unpaired) electrons. The Kier molecular flexibility index (Phi) is 7.83. The number of hydrazone groups is 1. The van der Waals surface area contributed by atoms with Crippen LogP contribution in [0.15, 0.2) is 77.5 Å². The van der Waals surface area contributed by atoms with Crippen LogP contribution < -0.4 is 10.2 Å². The fourth-order valence-electron chi connectivity index (χ4n) is 3.42. The lowest BCUT2D eigenvalue weighted by Crippen LogP contribution is -2.16. The van der Waals surface area contributed by atoms with E-state index in [0.29, 0.717) is 30.5 Å². The van der Waals surface area contributed by atoms with E-state index < -0.39 is 5.91 Å². The van der Waals surface area contributed by atoms with Gasteiger partial charge in [-0.15, -0.1) is 0 Å². The number of hydrogen-bond donors (Lipinski definition) is 2. The van der Waals surface area contributed by atoms with Crippen LogP contribution in [0.25, 0.3) is 5.69 Å². The number of aryl methyl sites for hydroxylation is 2. The number of rotatable bonds is 7. The Morgan fingerprint density at radius 3 is 2.43 bits per heavy atom. The molecule has 35 heavy (non-hydrogen) atoms. The number of ether oxygens (including phenoxy) is 1. The van der Waals surface area contributed by atoms with Crippen LogP contribution in [0.3, 0.4) is 0 Å². The molecule has 0 spiro atoms. The normalized spacial score (nSPS) is 11.2. The number of hydrogen-bond acceptors (Lipinski definition) is 5. The number of benzene rings is 2. The molecule has 0 saturated carbocycles. The van der Waals surface area contributed by atoms with Gasteiger partial charge in [-0.25, -0.2) is 5.43 Å². The summed E-state index contributed by atoms with van der Waals surface area (Å²) in [6.45, 7) is 4.31. The van der Waals surface area contributed by atoms with E-state index in [2.05, 4.69) is 88.9 Å². The monoisotopic (exact) mass is 663 g/mol. The van der Waals surface area contributed by atoms with Crippen molar-refractivity contribution in [3.8, 4) is 17.2 Å². The number of halogens is 3. The van der Waals surface area contributed by atoms with Crippen LogP contribution in [-0.2, 0) is 6.61 Å². The molecule has 0 aliphatic heterocycles. The largest absolute Gasteiger partial charge is 0.506 e. The molecule has 2 heterocycles. The molecule has 0 bridgehead atoms. The van der Waals surface area contributed by atoms with Gasteiger partial charge in [-0.05, 0) is 100 Å². The van der Waals surface area contributed by atoms with E-state index in [1.165, 1.54) is 6.21 Å². The van der Waals surface area contributed by atoms with Crippen molar-refractivity contribution in [1.82, 2.24) is 9.99 Å². The van der Waals surface area contributed by atoms with Crippen molar-refractivity contribution in [1.29, 1.82) is 0 Å². The van der Waals surface area contributed by atoms with Gasteiger partial charge < -0.3 is 18.8 Å². The van der Waals surface area contributed by atoms with E-state index in [1.54, 1.807) is 18.2 Å². The van der Waals surface area contributed by atoms with Crippen LogP contribution in [-0.4, -0.2) is 21.8 Å². The van der Waals surface area contributed by atoms with Crippen molar-refractivity contribution in [2.45, 2.75) is 20.5 Å². The summed E-state index contributed by atoms with van der Waals surface area (Å²) >= 11 is 9.95. The smallest absolute Gasteiger partial charge is 0.307 e. The first-order valence-corrected chi connectivity index (χ1v) is 12.8. The number of carbonyl (C=O) groups excluding carboxylic acids is 1. The van der Waals surface area contributed by atoms with E-state index in [1.807, 2.05) is 24.3 Å². The number of nitrogens with one attached hydrogen (secondary N) is 1. The average Bonchev–Trinajstić information content (AvgIpc) is 3.45. The lowest BCUT2D eigenvalue weighted by Gasteiger charge is -2.10. The van der Waals surface area contributed by atoms with E-state index >= 15 is 0 Å². The number of amides is 1. The van der Waals surface area contributed by atoms with Gasteiger partial charge in [0, 0.05) is 27.1 Å². The highest BCUT2D eigenvalue weighted by Crippen LogP contribution is 2.38. The maximum Gasteiger partial charge on any atom is 0.307 e. The molecular formula is C25H20Br3N3O4. The zero-order valence-electron chi connectivity index (χ0n) is 18.7. The van der Waals surface area contributed by atoms with Crippen molar-refractivity contribution in [3.63, 3.8) is 0 Å². The SMILES string of the molecule is Cc1ccc(C)n1-c1ccc(OCc2ccc(C(=O)N/N=C/c3c(Br)cc(Br)c(O)c3Br)o2)cc1. The van der Waals surface area contributed by atoms with Crippen LogP contribution in [0.1, 0.15) is 33.3 Å². The second kappa shape index (κ2) is 10.8. The van der Waals surface area contributed by atoms with Crippen molar-refractivity contribution in [2.75, 3.05) is 0 Å². The summed E-state index contributed by atoms with van der Waals surface area (Å²) in [5.41, 5.74) is 6.36. The van der Waals surface area contributed by atoms with Gasteiger partial charge in [-0.1, -0.05) is 15.9 Å². The van der Waals surface area contributed by atoms with E-state index in [9.17, 15) is 9.90 Å². The molecule has 2 aromatic heterocycles. The Morgan fingerprint density at radius 2 is 1.74 bits per heavy atom. The minimum absolute atomic E-state index is 0.0289. The molecule has 180 valence electrons. The third kappa shape index (κ3) is 5.71. The number of phenols is 1. The molecule has 0 saturated heterocycles. The number of furan rings is 1. The molecule has 2 N–H and O–H groups in total. The summed E-state index contributed by atoms with van der Waals surface area (Å²) in [6.07, 6.45) is 1.41. The summed E-state index contributed by atoms with van der Waals surface area (Å²) < 4.78 is 15.2. The van der Waals surface area contributed by atoms with Gasteiger partial charge in [-0.3, -0.25) is 4.79 Å². The second-order valence-corrected chi connectivity index (χ2v) is 10.1. The molecule has 7 nitrogen and oxygen atoms in total. The third-order valence-corrected chi connectivity index (χ3v) is 7.24. The molecule has 4 aromatic rings. The van der Waals surface area contributed by atoms with Gasteiger partial charge >= 0.3 is 5.91 Å². The lowest BCUT2D eigenvalue weighted by molar-refractivity contribution is 0.0923. The third-order valence-electron chi connectivity index (χ3n) is 5.17. The van der Waals surface area contributed by atoms with Gasteiger partial charge in [0.2, 0.25) is 0 Å². The Morgan fingerprint density at radius 1 is 1.06 bits per heavy atom. The molecule has 10 heteroatoms. The number of phenolic OH excluding ortho intramolecular Hbond substituents is 1. The van der Waals surface area contributed by atoms with Gasteiger partial charge in [-0.2, -0.15) is 5.10 Å². The highest BCUT2D eigenvalue weighted by Gasteiger charge is 2.14. The Bertz CT molecular complexity index is 1390. The minimum Gasteiger partial charge on any atom is -0.506 e.